The lowest BCUT2D eigenvalue weighted by atomic mass is 9.43. The second kappa shape index (κ2) is 12.0. The summed E-state index contributed by atoms with van der Waals surface area (Å²) in [5.41, 5.74) is 9.22. The van der Waals surface area contributed by atoms with E-state index in [2.05, 4.69) is 30.2 Å². The van der Waals surface area contributed by atoms with Gasteiger partial charge in [0, 0.05) is 47.9 Å². The average molecular weight is 639 g/mol. The van der Waals surface area contributed by atoms with Crippen LogP contribution in [0, 0.1) is 29.1 Å². The third-order valence-corrected chi connectivity index (χ3v) is 11.1. The number of cyclic esters (lactones) is 2. The van der Waals surface area contributed by atoms with Crippen molar-refractivity contribution in [2.75, 3.05) is 25.9 Å². The maximum Gasteiger partial charge on any atom is 0.340 e. The molecule has 1 aromatic heterocycles. The summed E-state index contributed by atoms with van der Waals surface area (Å²) < 4.78 is 12.2. The fourth-order valence-corrected chi connectivity index (χ4v) is 9.28. The number of nitrogen functional groups attached to an aromatic ring is 1. The monoisotopic (exact) mass is 638 g/mol. The van der Waals surface area contributed by atoms with Crippen LogP contribution in [0.3, 0.4) is 0 Å². The predicted molar refractivity (Wildman–Crippen MR) is 174 cm³/mol. The number of rotatable bonds is 10. The molecule has 2 amide bonds. The van der Waals surface area contributed by atoms with E-state index in [-0.39, 0.29) is 42.1 Å². The van der Waals surface area contributed by atoms with Crippen LogP contribution in [0.2, 0.25) is 0 Å². The molecule has 6 atom stereocenters. The number of nitrogens with two attached hydrogens (primary N) is 1. The first-order chi connectivity index (χ1) is 22.7. The molecule has 1 spiro atoms. The Morgan fingerprint density at radius 1 is 1.13 bits per heavy atom. The topological polar surface area (TPSA) is 141 Å². The fraction of sp³-hybridized carbons (Fsp3) is 0.486. The van der Waals surface area contributed by atoms with Crippen LogP contribution >= 0.6 is 0 Å². The lowest BCUT2D eigenvalue weighted by Crippen LogP contribution is -2.53. The number of aromatic nitrogens is 1. The standard InChI is InChI=1S/C37H42N4O6/c1-4-5-6-26-24-9-8-23-22-13-15-37(33(23)32(24)35(44)46-26)27(10-7-20(2)18-39-3)47-36(45)34(37)31(22)25(21-14-16-40-28(38)17-21)19-41-29(42)11-12-30(41)43/h6,10-12,14,16-17,20,22-23,25,33,39H,4-5,7-9,13,15,18-19H2,1-3H3,(H2,38,40). The predicted octanol–water partition coefficient (Wildman–Crippen LogP) is 4.63. The third kappa shape index (κ3) is 4.91. The van der Waals surface area contributed by atoms with E-state index in [1.54, 1.807) is 12.3 Å². The minimum Gasteiger partial charge on any atom is -0.427 e. The van der Waals surface area contributed by atoms with Gasteiger partial charge in [0.1, 0.15) is 17.3 Å². The molecular formula is C37H42N4O6. The highest BCUT2D eigenvalue weighted by molar-refractivity contribution is 6.13. The number of esters is 2. The van der Waals surface area contributed by atoms with Crippen LogP contribution in [0.5, 0.6) is 0 Å². The second-order valence-electron chi connectivity index (χ2n) is 13.8. The molecule has 3 aliphatic heterocycles. The zero-order chi connectivity index (χ0) is 33.0. The van der Waals surface area contributed by atoms with Crippen molar-refractivity contribution < 1.29 is 28.7 Å². The van der Waals surface area contributed by atoms with Crippen molar-refractivity contribution in [2.24, 2.45) is 29.1 Å². The molecule has 2 fully saturated rings. The molecule has 7 aliphatic rings. The molecule has 4 aliphatic carbocycles. The first-order valence-electron chi connectivity index (χ1n) is 16.9. The summed E-state index contributed by atoms with van der Waals surface area (Å²) in [6.07, 6.45) is 13.7. The number of ether oxygens (including phenoxy) is 2. The molecule has 8 rings (SSSR count). The van der Waals surface area contributed by atoms with Gasteiger partial charge in [-0.2, -0.15) is 0 Å². The first-order valence-corrected chi connectivity index (χ1v) is 16.9. The van der Waals surface area contributed by atoms with Gasteiger partial charge in [-0.05, 0) is 105 Å². The van der Waals surface area contributed by atoms with E-state index in [0.29, 0.717) is 53.7 Å². The Balaban J connectivity index is 1.45. The van der Waals surface area contributed by atoms with Gasteiger partial charge in [-0.15, -0.1) is 0 Å². The Labute approximate surface area is 274 Å². The summed E-state index contributed by atoms with van der Waals surface area (Å²) in [7, 11) is 1.92. The van der Waals surface area contributed by atoms with Crippen molar-refractivity contribution in [3.63, 3.8) is 0 Å². The number of imide groups is 1. The van der Waals surface area contributed by atoms with E-state index in [0.717, 1.165) is 48.9 Å². The van der Waals surface area contributed by atoms with Crippen molar-refractivity contribution in [1.82, 2.24) is 15.2 Å². The van der Waals surface area contributed by atoms with Crippen LogP contribution in [0.25, 0.3) is 0 Å². The summed E-state index contributed by atoms with van der Waals surface area (Å²) in [5.74, 6) is -0.448. The van der Waals surface area contributed by atoms with Gasteiger partial charge in [-0.1, -0.05) is 20.3 Å². The molecule has 47 heavy (non-hydrogen) atoms. The van der Waals surface area contributed by atoms with Crippen molar-refractivity contribution in [3.05, 3.63) is 82.0 Å². The number of pyridine rings is 1. The Kier molecular flexibility index (Phi) is 8.02. The number of carbonyl (C=O) groups is 4. The number of allylic oxidation sites excluding steroid dienone is 4. The zero-order valence-corrected chi connectivity index (χ0v) is 27.2. The molecule has 1 saturated carbocycles. The average Bonchev–Trinajstić information content (AvgIpc) is 3.67. The van der Waals surface area contributed by atoms with Crippen molar-refractivity contribution in [2.45, 2.75) is 64.7 Å². The molecular weight excluding hydrogens is 596 g/mol. The molecule has 3 N–H and O–H groups in total. The normalized spacial score (nSPS) is 30.7. The van der Waals surface area contributed by atoms with Gasteiger partial charge in [-0.3, -0.25) is 14.5 Å². The second-order valence-corrected chi connectivity index (χ2v) is 13.8. The molecule has 10 nitrogen and oxygen atoms in total. The lowest BCUT2D eigenvalue weighted by Gasteiger charge is -2.57. The van der Waals surface area contributed by atoms with Crippen LogP contribution in [-0.4, -0.2) is 53.8 Å². The minimum atomic E-state index is -0.862. The molecule has 246 valence electrons. The van der Waals surface area contributed by atoms with Crippen LogP contribution in [0.15, 0.2) is 76.4 Å². The summed E-state index contributed by atoms with van der Waals surface area (Å²) in [5, 5.41) is 3.23. The lowest BCUT2D eigenvalue weighted by molar-refractivity contribution is -0.137. The third-order valence-electron chi connectivity index (χ3n) is 11.1. The number of hydrogen-bond acceptors (Lipinski definition) is 9. The van der Waals surface area contributed by atoms with Crippen LogP contribution in [0.1, 0.15) is 70.3 Å². The van der Waals surface area contributed by atoms with Gasteiger partial charge in [0.05, 0.1) is 11.0 Å². The van der Waals surface area contributed by atoms with Gasteiger partial charge in [0.2, 0.25) is 0 Å². The van der Waals surface area contributed by atoms with E-state index < -0.39 is 17.3 Å². The molecule has 0 aromatic carbocycles. The number of hydrogen-bond donors (Lipinski definition) is 2. The van der Waals surface area contributed by atoms with Crippen molar-refractivity contribution in [3.8, 4) is 0 Å². The van der Waals surface area contributed by atoms with E-state index >= 15 is 0 Å². The Morgan fingerprint density at radius 3 is 2.64 bits per heavy atom. The summed E-state index contributed by atoms with van der Waals surface area (Å²) >= 11 is 0. The van der Waals surface area contributed by atoms with Gasteiger partial charge >= 0.3 is 11.9 Å². The number of nitrogens with one attached hydrogen (secondary N) is 1. The van der Waals surface area contributed by atoms with Crippen LogP contribution < -0.4 is 11.1 Å². The van der Waals surface area contributed by atoms with E-state index in [1.165, 1.54) is 17.1 Å². The molecule has 10 heteroatoms. The Hall–Kier alpha value is -4.31. The number of carbonyl (C=O) groups excluding carboxylic acids is 4. The summed E-state index contributed by atoms with van der Waals surface area (Å²) in [6, 6.07) is 3.61. The SMILES string of the molecule is CCCC=C1OC(=O)C2=C1CCC1C3CCC4(C(=CCC(C)CNC)OC(=O)C4=C3C(CN3C(=O)C=CC3=O)c3ccnc(N)c3)C21. The molecule has 1 aromatic rings. The largest absolute Gasteiger partial charge is 0.427 e. The van der Waals surface area contributed by atoms with Crippen molar-refractivity contribution in [1.29, 1.82) is 0 Å². The highest BCUT2D eigenvalue weighted by Gasteiger charge is 2.69. The highest BCUT2D eigenvalue weighted by atomic mass is 16.5. The Bertz CT molecular complexity index is 1700. The van der Waals surface area contributed by atoms with E-state index in [4.69, 9.17) is 15.2 Å². The summed E-state index contributed by atoms with van der Waals surface area (Å²) in [6.45, 7) is 5.10. The fourth-order valence-electron chi connectivity index (χ4n) is 9.28. The molecule has 1 saturated heterocycles. The zero-order valence-electron chi connectivity index (χ0n) is 27.2. The van der Waals surface area contributed by atoms with E-state index in [1.807, 2.05) is 19.2 Å². The molecule has 6 unspecified atom stereocenters. The van der Waals surface area contributed by atoms with Gasteiger partial charge in [0.15, 0.2) is 0 Å². The number of unbranched alkanes of at least 4 members (excludes halogenated alkanes) is 1. The summed E-state index contributed by atoms with van der Waals surface area (Å²) in [4.78, 5) is 59.4. The highest BCUT2D eigenvalue weighted by Crippen LogP contribution is 2.71. The van der Waals surface area contributed by atoms with Gasteiger partial charge < -0.3 is 20.5 Å². The number of fused-ring (bicyclic) bond motifs is 1. The number of nitrogens with zero attached hydrogens (tertiary/aromatic N) is 2. The van der Waals surface area contributed by atoms with Crippen LogP contribution in [0.4, 0.5) is 5.82 Å². The molecule has 4 heterocycles. The minimum absolute atomic E-state index is 0.0387. The smallest absolute Gasteiger partial charge is 0.340 e. The Morgan fingerprint density at radius 2 is 1.91 bits per heavy atom. The van der Waals surface area contributed by atoms with Gasteiger partial charge in [0.25, 0.3) is 11.8 Å². The van der Waals surface area contributed by atoms with E-state index in [9.17, 15) is 19.2 Å². The number of amides is 2. The maximum absolute atomic E-state index is 14.3. The number of anilines is 1. The first kappa shape index (κ1) is 31.3. The molecule has 0 radical (unpaired) electrons. The van der Waals surface area contributed by atoms with Gasteiger partial charge in [-0.25, -0.2) is 14.6 Å². The molecule has 2 bridgehead atoms. The quantitative estimate of drug-likeness (QED) is 0.277. The maximum atomic E-state index is 14.3. The van der Waals surface area contributed by atoms with Crippen molar-refractivity contribution >= 4 is 29.6 Å². The van der Waals surface area contributed by atoms with Crippen LogP contribution in [-0.2, 0) is 28.7 Å².